The SMILES string of the molecule is CC(=N)/C1=C(\O)CCCCNC1=O. The predicted octanol–water partition coefficient (Wildman–Crippen LogP) is 1.14. The third-order valence-electron chi connectivity index (χ3n) is 2.02. The summed E-state index contributed by atoms with van der Waals surface area (Å²) in [5.74, 6) is -0.283. The highest BCUT2D eigenvalue weighted by Gasteiger charge is 2.18. The van der Waals surface area contributed by atoms with Crippen LogP contribution in [-0.4, -0.2) is 23.3 Å². The molecule has 0 spiro atoms. The van der Waals surface area contributed by atoms with E-state index >= 15 is 0 Å². The molecule has 13 heavy (non-hydrogen) atoms. The van der Waals surface area contributed by atoms with Crippen LogP contribution in [0.5, 0.6) is 0 Å². The number of allylic oxidation sites excluding steroid dienone is 1. The Morgan fingerprint density at radius 2 is 2.23 bits per heavy atom. The van der Waals surface area contributed by atoms with Gasteiger partial charge in [0.25, 0.3) is 5.91 Å². The Balaban J connectivity index is 2.96. The average Bonchev–Trinajstić information content (AvgIpc) is 2.00. The highest BCUT2D eigenvalue weighted by atomic mass is 16.3. The molecule has 1 rings (SSSR count). The Hall–Kier alpha value is -1.32. The zero-order valence-corrected chi connectivity index (χ0v) is 7.68. The maximum absolute atomic E-state index is 11.3. The summed E-state index contributed by atoms with van der Waals surface area (Å²) in [4.78, 5) is 11.3. The van der Waals surface area contributed by atoms with Gasteiger partial charge in [0.05, 0.1) is 5.57 Å². The van der Waals surface area contributed by atoms with Crippen LogP contribution in [0.1, 0.15) is 26.2 Å². The van der Waals surface area contributed by atoms with Crippen molar-refractivity contribution in [2.24, 2.45) is 0 Å². The maximum Gasteiger partial charge on any atom is 0.256 e. The monoisotopic (exact) mass is 182 g/mol. The molecule has 1 aliphatic rings. The van der Waals surface area contributed by atoms with E-state index in [9.17, 15) is 9.90 Å². The van der Waals surface area contributed by atoms with E-state index in [1.807, 2.05) is 0 Å². The fourth-order valence-electron chi connectivity index (χ4n) is 1.35. The fourth-order valence-corrected chi connectivity index (χ4v) is 1.35. The average molecular weight is 182 g/mol. The number of nitrogens with one attached hydrogen (secondary N) is 2. The Labute approximate surface area is 77.2 Å². The van der Waals surface area contributed by atoms with E-state index in [-0.39, 0.29) is 23.0 Å². The van der Waals surface area contributed by atoms with Gasteiger partial charge in [0.15, 0.2) is 0 Å². The second-order valence-electron chi connectivity index (χ2n) is 3.16. The van der Waals surface area contributed by atoms with E-state index in [2.05, 4.69) is 5.32 Å². The Morgan fingerprint density at radius 3 is 2.85 bits per heavy atom. The zero-order chi connectivity index (χ0) is 9.84. The summed E-state index contributed by atoms with van der Waals surface area (Å²) < 4.78 is 0. The molecular weight excluding hydrogens is 168 g/mol. The molecular formula is C9H14N2O2. The molecule has 72 valence electrons. The van der Waals surface area contributed by atoms with Crippen LogP contribution in [0.2, 0.25) is 0 Å². The smallest absolute Gasteiger partial charge is 0.256 e. The number of aliphatic hydroxyl groups is 1. The van der Waals surface area contributed by atoms with Crippen LogP contribution in [0.25, 0.3) is 0 Å². The van der Waals surface area contributed by atoms with Crippen molar-refractivity contribution in [3.8, 4) is 0 Å². The molecule has 0 bridgehead atoms. The van der Waals surface area contributed by atoms with Gasteiger partial charge in [0.2, 0.25) is 0 Å². The number of carbonyl (C=O) groups excluding carboxylic acids is 1. The molecule has 0 unspecified atom stereocenters. The largest absolute Gasteiger partial charge is 0.511 e. The normalized spacial score (nSPS) is 24.5. The van der Waals surface area contributed by atoms with Crippen LogP contribution in [0, 0.1) is 5.41 Å². The van der Waals surface area contributed by atoms with Gasteiger partial charge in [0.1, 0.15) is 5.76 Å². The first-order valence-electron chi connectivity index (χ1n) is 4.38. The van der Waals surface area contributed by atoms with Gasteiger partial charge in [-0.3, -0.25) is 4.79 Å². The Kier molecular flexibility index (Phi) is 3.06. The van der Waals surface area contributed by atoms with Crippen molar-refractivity contribution >= 4 is 11.6 Å². The van der Waals surface area contributed by atoms with Crippen molar-refractivity contribution in [3.05, 3.63) is 11.3 Å². The molecule has 0 aliphatic carbocycles. The number of amides is 1. The van der Waals surface area contributed by atoms with E-state index in [4.69, 9.17) is 5.41 Å². The first kappa shape index (κ1) is 9.77. The summed E-state index contributed by atoms with van der Waals surface area (Å²) in [6.07, 6.45) is 2.22. The van der Waals surface area contributed by atoms with Gasteiger partial charge in [-0.05, 0) is 19.8 Å². The molecule has 0 aromatic heterocycles. The zero-order valence-electron chi connectivity index (χ0n) is 7.68. The number of aliphatic hydroxyl groups excluding tert-OH is 1. The lowest BCUT2D eigenvalue weighted by Crippen LogP contribution is -2.30. The molecule has 3 N–H and O–H groups in total. The van der Waals surface area contributed by atoms with Crippen molar-refractivity contribution in [1.29, 1.82) is 5.41 Å². The summed E-state index contributed by atoms with van der Waals surface area (Å²) in [5, 5.41) is 19.5. The Morgan fingerprint density at radius 1 is 1.54 bits per heavy atom. The van der Waals surface area contributed by atoms with Crippen LogP contribution in [0.4, 0.5) is 0 Å². The molecule has 4 heteroatoms. The third-order valence-corrected chi connectivity index (χ3v) is 2.02. The lowest BCUT2D eigenvalue weighted by atomic mass is 10.0. The van der Waals surface area contributed by atoms with Crippen LogP contribution in [0.3, 0.4) is 0 Å². The fraction of sp³-hybridized carbons (Fsp3) is 0.556. The van der Waals surface area contributed by atoms with Crippen LogP contribution < -0.4 is 5.32 Å². The highest BCUT2D eigenvalue weighted by molar-refractivity contribution is 6.19. The minimum absolute atomic E-state index is 0.0460. The molecule has 0 fully saturated rings. The molecule has 4 nitrogen and oxygen atoms in total. The second-order valence-corrected chi connectivity index (χ2v) is 3.16. The molecule has 1 heterocycles. The number of hydrogen-bond donors (Lipinski definition) is 3. The van der Waals surface area contributed by atoms with Gasteiger partial charge in [-0.15, -0.1) is 0 Å². The number of rotatable bonds is 1. The summed E-state index contributed by atoms with van der Waals surface area (Å²) in [6, 6.07) is 0. The van der Waals surface area contributed by atoms with Crippen molar-refractivity contribution in [2.45, 2.75) is 26.2 Å². The summed E-state index contributed by atoms with van der Waals surface area (Å²) >= 11 is 0. The Bertz CT molecular complexity index is 269. The van der Waals surface area contributed by atoms with Gasteiger partial charge < -0.3 is 15.8 Å². The molecule has 0 saturated carbocycles. The molecule has 0 aromatic rings. The number of carbonyl (C=O) groups is 1. The van der Waals surface area contributed by atoms with Crippen LogP contribution >= 0.6 is 0 Å². The summed E-state index contributed by atoms with van der Waals surface area (Å²) in [5.41, 5.74) is 0.261. The lowest BCUT2D eigenvalue weighted by Gasteiger charge is -2.13. The maximum atomic E-state index is 11.3. The van der Waals surface area contributed by atoms with Crippen molar-refractivity contribution in [1.82, 2.24) is 5.32 Å². The third kappa shape index (κ3) is 2.31. The first-order valence-corrected chi connectivity index (χ1v) is 4.38. The van der Waals surface area contributed by atoms with E-state index in [0.717, 1.165) is 12.8 Å². The summed E-state index contributed by atoms with van der Waals surface area (Å²) in [6.45, 7) is 2.13. The molecule has 0 atom stereocenters. The topological polar surface area (TPSA) is 73.2 Å². The molecule has 1 amide bonds. The van der Waals surface area contributed by atoms with E-state index in [1.165, 1.54) is 6.92 Å². The van der Waals surface area contributed by atoms with Crippen molar-refractivity contribution in [3.63, 3.8) is 0 Å². The quantitative estimate of drug-likeness (QED) is 0.532. The van der Waals surface area contributed by atoms with Gasteiger partial charge in [-0.2, -0.15) is 0 Å². The molecule has 0 radical (unpaired) electrons. The van der Waals surface area contributed by atoms with E-state index < -0.39 is 0 Å². The van der Waals surface area contributed by atoms with Gasteiger partial charge >= 0.3 is 0 Å². The number of hydrogen-bond acceptors (Lipinski definition) is 3. The molecule has 0 aromatic carbocycles. The van der Waals surface area contributed by atoms with Gasteiger partial charge in [-0.1, -0.05) is 0 Å². The highest BCUT2D eigenvalue weighted by Crippen LogP contribution is 2.13. The van der Waals surface area contributed by atoms with Crippen LogP contribution in [0.15, 0.2) is 11.3 Å². The van der Waals surface area contributed by atoms with E-state index in [0.29, 0.717) is 13.0 Å². The van der Waals surface area contributed by atoms with Crippen LogP contribution in [-0.2, 0) is 4.79 Å². The minimum Gasteiger partial charge on any atom is -0.511 e. The minimum atomic E-state index is -0.329. The second kappa shape index (κ2) is 4.07. The predicted molar refractivity (Wildman–Crippen MR) is 49.9 cm³/mol. The first-order chi connectivity index (χ1) is 6.13. The van der Waals surface area contributed by atoms with Gasteiger partial charge in [0, 0.05) is 18.7 Å². The van der Waals surface area contributed by atoms with Gasteiger partial charge in [-0.25, -0.2) is 0 Å². The molecule has 1 aliphatic heterocycles. The van der Waals surface area contributed by atoms with Crippen molar-refractivity contribution in [2.75, 3.05) is 6.54 Å². The molecule has 0 saturated heterocycles. The summed E-state index contributed by atoms with van der Waals surface area (Å²) in [7, 11) is 0. The standard InChI is InChI=1S/C9H14N2O2/c1-6(10)8-7(12)4-2-3-5-11-9(8)13/h10,12H,2-5H2,1H3,(H,11,13)/b8-7+,10-6?. The van der Waals surface area contributed by atoms with Crippen molar-refractivity contribution < 1.29 is 9.90 Å². The van der Waals surface area contributed by atoms with E-state index in [1.54, 1.807) is 0 Å². The lowest BCUT2D eigenvalue weighted by molar-refractivity contribution is -0.117.